The van der Waals surface area contributed by atoms with Crippen molar-refractivity contribution in [2.45, 2.75) is 12.8 Å². The lowest BCUT2D eigenvalue weighted by atomic mass is 10.0. The summed E-state index contributed by atoms with van der Waals surface area (Å²) in [6, 6.07) is 9.66. The first-order valence-corrected chi connectivity index (χ1v) is 7.50. The fourth-order valence-electron chi connectivity index (χ4n) is 2.45. The van der Waals surface area contributed by atoms with Crippen molar-refractivity contribution in [1.29, 1.82) is 0 Å². The second-order valence-corrected chi connectivity index (χ2v) is 5.32. The van der Waals surface area contributed by atoms with Crippen molar-refractivity contribution >= 4 is 17.2 Å². The lowest BCUT2D eigenvalue weighted by molar-refractivity contribution is 0.0994. The number of Topliss-reactive ketones (excluding diaryl/α,β-unsaturated/α-hetero) is 1. The van der Waals surface area contributed by atoms with Crippen LogP contribution in [0.25, 0.3) is 0 Å². The second-order valence-electron chi connectivity index (χ2n) is 5.32. The van der Waals surface area contributed by atoms with Gasteiger partial charge in [-0.2, -0.15) is 0 Å². The minimum atomic E-state index is 0.0526. The molecule has 23 heavy (non-hydrogen) atoms. The number of ketones is 1. The number of rotatable bonds is 6. The Hall–Kier alpha value is -2.53. The van der Waals surface area contributed by atoms with Crippen molar-refractivity contribution < 1.29 is 14.3 Å². The number of aliphatic imine (C=N–C) groups is 1. The van der Waals surface area contributed by atoms with Crippen LogP contribution in [0, 0.1) is 0 Å². The van der Waals surface area contributed by atoms with Gasteiger partial charge in [0.05, 0.1) is 43.7 Å². The molecule has 118 valence electrons. The summed E-state index contributed by atoms with van der Waals surface area (Å²) in [5, 5.41) is 0. The summed E-state index contributed by atoms with van der Waals surface area (Å²) >= 11 is 0. The van der Waals surface area contributed by atoms with Gasteiger partial charge in [-0.3, -0.25) is 14.8 Å². The van der Waals surface area contributed by atoms with Gasteiger partial charge in [0.25, 0.3) is 0 Å². The molecular formula is C18H18N2O3. The maximum atomic E-state index is 12.0. The highest BCUT2D eigenvalue weighted by Crippen LogP contribution is 2.24. The summed E-state index contributed by atoms with van der Waals surface area (Å²) in [5.74, 6) is 0.898. The van der Waals surface area contributed by atoms with Gasteiger partial charge in [-0.1, -0.05) is 12.1 Å². The fourth-order valence-corrected chi connectivity index (χ4v) is 2.45. The van der Waals surface area contributed by atoms with Crippen LogP contribution in [0.4, 0.5) is 5.69 Å². The molecule has 0 unspecified atom stereocenters. The molecule has 1 aromatic carbocycles. The minimum absolute atomic E-state index is 0.0526. The summed E-state index contributed by atoms with van der Waals surface area (Å²) in [7, 11) is 1.65. The quantitative estimate of drug-likeness (QED) is 0.770. The summed E-state index contributed by atoms with van der Waals surface area (Å²) in [4.78, 5) is 20.5. The van der Waals surface area contributed by atoms with Crippen LogP contribution in [0.3, 0.4) is 0 Å². The van der Waals surface area contributed by atoms with Gasteiger partial charge in [-0.15, -0.1) is 0 Å². The molecular weight excluding hydrogens is 292 g/mol. The number of hydrogen-bond acceptors (Lipinski definition) is 5. The van der Waals surface area contributed by atoms with Gasteiger partial charge >= 0.3 is 0 Å². The number of benzene rings is 1. The maximum absolute atomic E-state index is 12.0. The van der Waals surface area contributed by atoms with Crippen LogP contribution >= 0.6 is 0 Å². The van der Waals surface area contributed by atoms with E-state index in [9.17, 15) is 4.79 Å². The summed E-state index contributed by atoms with van der Waals surface area (Å²) in [6.45, 7) is 0.965. The van der Waals surface area contributed by atoms with E-state index in [0.29, 0.717) is 30.9 Å². The Kier molecular flexibility index (Phi) is 4.78. The van der Waals surface area contributed by atoms with Crippen molar-refractivity contribution in [3.8, 4) is 5.75 Å². The third-order valence-electron chi connectivity index (χ3n) is 3.70. The largest absolute Gasteiger partial charge is 0.497 e. The predicted molar refractivity (Wildman–Crippen MR) is 87.8 cm³/mol. The number of carbonyl (C=O) groups is 1. The van der Waals surface area contributed by atoms with Crippen LogP contribution < -0.4 is 4.74 Å². The zero-order valence-electron chi connectivity index (χ0n) is 13.0. The number of pyridine rings is 1. The number of nitrogens with zero attached hydrogens (tertiary/aromatic N) is 2. The number of fused-ring (bicyclic) bond motifs is 1. The number of methoxy groups -OCH3 is 1. The molecule has 0 atom stereocenters. The molecule has 1 aliphatic heterocycles. The van der Waals surface area contributed by atoms with Crippen molar-refractivity contribution in [3.05, 3.63) is 53.9 Å². The highest BCUT2D eigenvalue weighted by atomic mass is 16.5. The van der Waals surface area contributed by atoms with E-state index in [-0.39, 0.29) is 5.78 Å². The topological polar surface area (TPSA) is 60.8 Å². The SMILES string of the molecule is COc1ccc(CCOCC2=Nc3ccncc3C(=O)C2)cc1. The zero-order valence-corrected chi connectivity index (χ0v) is 13.0. The van der Waals surface area contributed by atoms with Crippen molar-refractivity contribution in [3.63, 3.8) is 0 Å². The van der Waals surface area contributed by atoms with E-state index >= 15 is 0 Å². The molecule has 0 saturated heterocycles. The standard InChI is InChI=1S/C18H18N2O3/c1-22-15-4-2-13(3-5-15)7-9-23-12-14-10-18(21)16-11-19-8-6-17(16)20-14/h2-6,8,11H,7,9-10,12H2,1H3. The Balaban J connectivity index is 1.51. The van der Waals surface area contributed by atoms with Crippen molar-refractivity contribution in [2.24, 2.45) is 4.99 Å². The lowest BCUT2D eigenvalue weighted by Gasteiger charge is -2.14. The third-order valence-corrected chi connectivity index (χ3v) is 3.70. The van der Waals surface area contributed by atoms with Crippen LogP contribution in [0.2, 0.25) is 0 Å². The van der Waals surface area contributed by atoms with E-state index in [4.69, 9.17) is 9.47 Å². The van der Waals surface area contributed by atoms with Gasteiger partial charge in [0.1, 0.15) is 5.75 Å². The number of carbonyl (C=O) groups excluding carboxylic acids is 1. The van der Waals surface area contributed by atoms with Gasteiger partial charge in [0, 0.05) is 12.4 Å². The van der Waals surface area contributed by atoms with Crippen LogP contribution in [-0.2, 0) is 11.2 Å². The molecule has 0 bridgehead atoms. The molecule has 0 spiro atoms. The molecule has 3 rings (SSSR count). The molecule has 5 heteroatoms. The molecule has 1 aromatic heterocycles. The van der Waals surface area contributed by atoms with Gasteiger partial charge in [-0.25, -0.2) is 0 Å². The van der Waals surface area contributed by atoms with Gasteiger partial charge in [-0.05, 0) is 30.2 Å². The van der Waals surface area contributed by atoms with E-state index in [1.54, 1.807) is 25.6 Å². The van der Waals surface area contributed by atoms with Crippen molar-refractivity contribution in [2.75, 3.05) is 20.3 Å². The number of hydrogen-bond donors (Lipinski definition) is 0. The normalized spacial score (nSPS) is 13.4. The Labute approximate surface area is 135 Å². The fraction of sp³-hybridized carbons (Fsp3) is 0.278. The molecule has 0 amide bonds. The lowest BCUT2D eigenvalue weighted by Crippen LogP contribution is -2.19. The van der Waals surface area contributed by atoms with Gasteiger partial charge in [0.15, 0.2) is 5.78 Å². The molecule has 0 saturated carbocycles. The first-order chi connectivity index (χ1) is 11.3. The monoisotopic (exact) mass is 310 g/mol. The van der Waals surface area contributed by atoms with Gasteiger partial charge in [0.2, 0.25) is 0 Å². The summed E-state index contributed by atoms with van der Waals surface area (Å²) in [6.07, 6.45) is 4.33. The van der Waals surface area contributed by atoms with Crippen LogP contribution in [0.5, 0.6) is 5.75 Å². The average molecular weight is 310 g/mol. The predicted octanol–water partition coefficient (Wildman–Crippen LogP) is 3.01. The molecule has 2 heterocycles. The minimum Gasteiger partial charge on any atom is -0.497 e. The Morgan fingerprint density at radius 1 is 1.17 bits per heavy atom. The average Bonchev–Trinajstić information content (AvgIpc) is 2.59. The Morgan fingerprint density at radius 3 is 2.78 bits per heavy atom. The van der Waals surface area contributed by atoms with E-state index < -0.39 is 0 Å². The number of aromatic nitrogens is 1. The smallest absolute Gasteiger partial charge is 0.172 e. The third kappa shape index (κ3) is 3.81. The molecule has 0 radical (unpaired) electrons. The summed E-state index contributed by atoms with van der Waals surface area (Å²) in [5.41, 5.74) is 3.23. The van der Waals surface area contributed by atoms with Crippen molar-refractivity contribution in [1.82, 2.24) is 4.98 Å². The van der Waals surface area contributed by atoms with E-state index in [0.717, 1.165) is 17.9 Å². The van der Waals surface area contributed by atoms with E-state index in [1.807, 2.05) is 24.3 Å². The van der Waals surface area contributed by atoms with E-state index in [1.165, 1.54) is 5.56 Å². The summed E-state index contributed by atoms with van der Waals surface area (Å²) < 4.78 is 10.8. The Bertz CT molecular complexity index is 723. The highest BCUT2D eigenvalue weighted by Gasteiger charge is 2.19. The molecule has 2 aromatic rings. The highest BCUT2D eigenvalue weighted by molar-refractivity contribution is 6.15. The van der Waals surface area contributed by atoms with Crippen LogP contribution in [0.1, 0.15) is 22.3 Å². The molecule has 5 nitrogen and oxygen atoms in total. The first-order valence-electron chi connectivity index (χ1n) is 7.50. The Morgan fingerprint density at radius 2 is 2.00 bits per heavy atom. The number of ether oxygens (including phenoxy) is 2. The van der Waals surface area contributed by atoms with E-state index in [2.05, 4.69) is 9.98 Å². The second kappa shape index (κ2) is 7.15. The molecule has 0 N–H and O–H groups in total. The van der Waals surface area contributed by atoms with Gasteiger partial charge < -0.3 is 9.47 Å². The molecule has 1 aliphatic rings. The molecule has 0 fully saturated rings. The van der Waals surface area contributed by atoms with Crippen LogP contribution in [0.15, 0.2) is 47.7 Å². The molecule has 0 aliphatic carbocycles. The zero-order chi connectivity index (χ0) is 16.1. The van der Waals surface area contributed by atoms with Crippen LogP contribution in [-0.4, -0.2) is 36.8 Å². The maximum Gasteiger partial charge on any atom is 0.172 e. The first kappa shape index (κ1) is 15.4.